The van der Waals surface area contributed by atoms with Crippen LogP contribution in [0.3, 0.4) is 0 Å². The third-order valence-corrected chi connectivity index (χ3v) is 5.86. The van der Waals surface area contributed by atoms with Gasteiger partial charge in [0.2, 0.25) is 5.91 Å². The molecule has 0 saturated heterocycles. The lowest BCUT2D eigenvalue weighted by Crippen LogP contribution is -2.33. The van der Waals surface area contributed by atoms with Crippen LogP contribution in [0, 0.1) is 0 Å². The third kappa shape index (κ3) is 3.87. The van der Waals surface area contributed by atoms with E-state index < -0.39 is 0 Å². The van der Waals surface area contributed by atoms with Gasteiger partial charge >= 0.3 is 0 Å². The van der Waals surface area contributed by atoms with Gasteiger partial charge in [0.25, 0.3) is 5.56 Å². The van der Waals surface area contributed by atoms with Crippen LogP contribution in [0.4, 0.5) is 5.82 Å². The Morgan fingerprint density at radius 2 is 2.07 bits per heavy atom. The van der Waals surface area contributed by atoms with Crippen molar-refractivity contribution in [2.45, 2.75) is 37.8 Å². The Labute approximate surface area is 168 Å². The first kappa shape index (κ1) is 20.3. The van der Waals surface area contributed by atoms with Crippen molar-refractivity contribution < 1.29 is 14.3 Å². The van der Waals surface area contributed by atoms with Crippen molar-refractivity contribution in [3.05, 3.63) is 39.7 Å². The average molecular weight is 404 g/mol. The van der Waals surface area contributed by atoms with Gasteiger partial charge in [-0.15, -0.1) is 0 Å². The number of nitrogens with one attached hydrogen (secondary N) is 1. The summed E-state index contributed by atoms with van der Waals surface area (Å²) in [6.07, 6.45) is 1.15. The Kier molecular flexibility index (Phi) is 6.28. The van der Waals surface area contributed by atoms with Gasteiger partial charge in [0.05, 0.1) is 19.3 Å². The molecule has 2 heterocycles. The molecule has 28 heavy (non-hydrogen) atoms. The fourth-order valence-corrected chi connectivity index (χ4v) is 4.14. The SMILES string of the molecule is CCCSc1nc(=O)c2c(n1C)NC(=O)C[C@@H]2c1ccc(OC)c(OCC)c1. The summed E-state index contributed by atoms with van der Waals surface area (Å²) in [4.78, 5) is 29.6. The average Bonchev–Trinajstić information content (AvgIpc) is 2.69. The lowest BCUT2D eigenvalue weighted by Gasteiger charge is -2.28. The minimum atomic E-state index is -0.384. The summed E-state index contributed by atoms with van der Waals surface area (Å²) in [6.45, 7) is 4.45. The van der Waals surface area contributed by atoms with E-state index in [1.54, 1.807) is 17.7 Å². The van der Waals surface area contributed by atoms with Crippen molar-refractivity contribution in [2.24, 2.45) is 7.05 Å². The third-order valence-electron chi connectivity index (χ3n) is 4.63. The molecule has 1 atom stereocenters. The largest absolute Gasteiger partial charge is 0.493 e. The molecule has 1 aromatic heterocycles. The van der Waals surface area contributed by atoms with E-state index in [0.29, 0.717) is 34.6 Å². The second-order valence-corrected chi connectivity index (χ2v) is 7.58. The second kappa shape index (κ2) is 8.68. The molecule has 0 aliphatic carbocycles. The molecule has 150 valence electrons. The molecular formula is C20H25N3O4S. The zero-order valence-corrected chi connectivity index (χ0v) is 17.4. The van der Waals surface area contributed by atoms with Crippen molar-refractivity contribution in [3.63, 3.8) is 0 Å². The summed E-state index contributed by atoms with van der Waals surface area (Å²) in [5.41, 5.74) is 1.04. The van der Waals surface area contributed by atoms with Gasteiger partial charge in [-0.1, -0.05) is 24.8 Å². The normalized spacial score (nSPS) is 15.7. The molecule has 0 fully saturated rings. The molecule has 1 aliphatic rings. The van der Waals surface area contributed by atoms with E-state index in [1.807, 2.05) is 26.1 Å². The van der Waals surface area contributed by atoms with Gasteiger partial charge in [0.15, 0.2) is 16.7 Å². The summed E-state index contributed by atoms with van der Waals surface area (Å²) in [5, 5.41) is 3.47. The van der Waals surface area contributed by atoms with Crippen LogP contribution in [-0.2, 0) is 11.8 Å². The summed E-state index contributed by atoms with van der Waals surface area (Å²) in [6, 6.07) is 5.51. The van der Waals surface area contributed by atoms with Gasteiger partial charge in [-0.2, -0.15) is 4.98 Å². The van der Waals surface area contributed by atoms with Crippen molar-refractivity contribution in [2.75, 3.05) is 24.8 Å². The van der Waals surface area contributed by atoms with Gasteiger partial charge in [-0.3, -0.25) is 9.59 Å². The van der Waals surface area contributed by atoms with E-state index >= 15 is 0 Å². The summed E-state index contributed by atoms with van der Waals surface area (Å²) in [7, 11) is 3.40. The molecule has 0 spiro atoms. The van der Waals surface area contributed by atoms with Gasteiger partial charge in [0, 0.05) is 25.1 Å². The number of benzene rings is 1. The first-order valence-electron chi connectivity index (χ1n) is 9.34. The number of ether oxygens (including phenoxy) is 2. The quantitative estimate of drug-likeness (QED) is 0.565. The smallest absolute Gasteiger partial charge is 0.279 e. The molecule has 3 rings (SSSR count). The number of carbonyl (C=O) groups is 1. The lowest BCUT2D eigenvalue weighted by atomic mass is 9.86. The van der Waals surface area contributed by atoms with Crippen molar-refractivity contribution in [1.29, 1.82) is 0 Å². The second-order valence-electron chi connectivity index (χ2n) is 6.52. The Hall–Kier alpha value is -2.48. The van der Waals surface area contributed by atoms with Crippen LogP contribution in [0.15, 0.2) is 28.2 Å². The Morgan fingerprint density at radius 3 is 2.75 bits per heavy atom. The van der Waals surface area contributed by atoms with E-state index in [0.717, 1.165) is 17.7 Å². The molecule has 1 aromatic carbocycles. The topological polar surface area (TPSA) is 82.5 Å². The number of nitrogens with zero attached hydrogens (tertiary/aromatic N) is 2. The van der Waals surface area contributed by atoms with Crippen molar-refractivity contribution in [3.8, 4) is 11.5 Å². The number of rotatable bonds is 7. The number of aromatic nitrogens is 2. The van der Waals surface area contributed by atoms with Gasteiger partial charge in [0.1, 0.15) is 5.82 Å². The number of thioether (sulfide) groups is 1. The van der Waals surface area contributed by atoms with E-state index in [9.17, 15) is 9.59 Å². The van der Waals surface area contributed by atoms with E-state index in [4.69, 9.17) is 9.47 Å². The maximum Gasteiger partial charge on any atom is 0.279 e. The standard InChI is InChI=1S/C20H25N3O4S/c1-5-9-28-20-22-19(25)17-13(11-16(24)21-18(17)23(20)3)12-7-8-14(26-4)15(10-12)27-6-2/h7-8,10,13H,5-6,9,11H2,1-4H3,(H,21,24)/t13-/m1/s1. The first-order valence-corrected chi connectivity index (χ1v) is 10.3. The lowest BCUT2D eigenvalue weighted by molar-refractivity contribution is -0.116. The molecule has 0 bridgehead atoms. The molecule has 7 nitrogen and oxygen atoms in total. The van der Waals surface area contributed by atoms with Gasteiger partial charge < -0.3 is 19.4 Å². The zero-order chi connectivity index (χ0) is 20.3. The number of fused-ring (bicyclic) bond motifs is 1. The molecular weight excluding hydrogens is 378 g/mol. The van der Waals surface area contributed by atoms with Crippen molar-refractivity contribution in [1.82, 2.24) is 9.55 Å². The highest BCUT2D eigenvalue weighted by atomic mass is 32.2. The molecule has 1 aliphatic heterocycles. The molecule has 1 amide bonds. The van der Waals surface area contributed by atoms with Crippen LogP contribution in [0.5, 0.6) is 11.5 Å². The Bertz CT molecular complexity index is 942. The fourth-order valence-electron chi connectivity index (χ4n) is 3.32. The number of carbonyl (C=O) groups excluding carboxylic acids is 1. The van der Waals surface area contributed by atoms with Gasteiger partial charge in [-0.05, 0) is 31.0 Å². The molecule has 0 saturated carbocycles. The summed E-state index contributed by atoms with van der Waals surface area (Å²) in [5.74, 6) is 2.07. The highest BCUT2D eigenvalue weighted by Gasteiger charge is 2.32. The van der Waals surface area contributed by atoms with E-state index in [-0.39, 0.29) is 23.8 Å². The maximum absolute atomic E-state index is 12.9. The predicted molar refractivity (Wildman–Crippen MR) is 110 cm³/mol. The van der Waals surface area contributed by atoms with Crippen LogP contribution < -0.4 is 20.3 Å². The molecule has 1 N–H and O–H groups in total. The minimum absolute atomic E-state index is 0.126. The first-order chi connectivity index (χ1) is 13.5. The number of methoxy groups -OCH3 is 1. The maximum atomic E-state index is 12.9. The Morgan fingerprint density at radius 1 is 1.29 bits per heavy atom. The summed E-state index contributed by atoms with van der Waals surface area (Å²) < 4.78 is 12.8. The molecule has 0 unspecified atom stereocenters. The summed E-state index contributed by atoms with van der Waals surface area (Å²) >= 11 is 1.51. The minimum Gasteiger partial charge on any atom is -0.493 e. The predicted octanol–water partition coefficient (Wildman–Crippen LogP) is 3.16. The zero-order valence-electron chi connectivity index (χ0n) is 16.6. The highest BCUT2D eigenvalue weighted by molar-refractivity contribution is 7.99. The van der Waals surface area contributed by atoms with Crippen LogP contribution in [0.1, 0.15) is 43.7 Å². The number of hydrogen-bond acceptors (Lipinski definition) is 6. The fraction of sp³-hybridized carbons (Fsp3) is 0.450. The van der Waals surface area contributed by atoms with E-state index in [1.165, 1.54) is 11.8 Å². The molecule has 2 aromatic rings. The Balaban J connectivity index is 2.11. The molecule has 0 radical (unpaired) electrons. The number of anilines is 1. The van der Waals surface area contributed by atoms with Crippen LogP contribution in [0.2, 0.25) is 0 Å². The molecule has 8 heteroatoms. The highest BCUT2D eigenvalue weighted by Crippen LogP contribution is 2.39. The van der Waals surface area contributed by atoms with Crippen LogP contribution in [0.25, 0.3) is 0 Å². The van der Waals surface area contributed by atoms with Crippen LogP contribution in [-0.4, -0.2) is 34.9 Å². The van der Waals surface area contributed by atoms with Crippen molar-refractivity contribution >= 4 is 23.5 Å². The van der Waals surface area contributed by atoms with Crippen LogP contribution >= 0.6 is 11.8 Å². The van der Waals surface area contributed by atoms with E-state index in [2.05, 4.69) is 17.2 Å². The monoisotopic (exact) mass is 403 g/mol. The van der Waals surface area contributed by atoms with Gasteiger partial charge in [-0.25, -0.2) is 0 Å². The number of hydrogen-bond donors (Lipinski definition) is 1. The number of amides is 1.